The lowest BCUT2D eigenvalue weighted by molar-refractivity contribution is -0.140. The van der Waals surface area contributed by atoms with Crippen molar-refractivity contribution in [3.63, 3.8) is 0 Å². The number of hydrogen-bond acceptors (Lipinski definition) is 5. The zero-order valence-corrected chi connectivity index (χ0v) is 15.2. The highest BCUT2D eigenvalue weighted by molar-refractivity contribution is 5.77. The van der Waals surface area contributed by atoms with E-state index in [-0.39, 0.29) is 17.4 Å². The number of anilines is 1. The number of carbonyl (C=O) groups excluding carboxylic acids is 1. The third-order valence-electron chi connectivity index (χ3n) is 6.19. The van der Waals surface area contributed by atoms with E-state index in [0.29, 0.717) is 12.1 Å². The van der Waals surface area contributed by atoms with Crippen LogP contribution >= 0.6 is 0 Å². The number of ether oxygens (including phenoxy) is 1. The van der Waals surface area contributed by atoms with Gasteiger partial charge in [0.05, 0.1) is 6.10 Å². The van der Waals surface area contributed by atoms with E-state index in [2.05, 4.69) is 20.9 Å². The van der Waals surface area contributed by atoms with Crippen LogP contribution in [0.4, 0.5) is 5.82 Å². The highest BCUT2D eigenvalue weighted by atomic mass is 16.5. The van der Waals surface area contributed by atoms with Crippen molar-refractivity contribution in [2.24, 2.45) is 5.41 Å². The normalized spacial score (nSPS) is 25.5. The van der Waals surface area contributed by atoms with E-state index < -0.39 is 0 Å². The van der Waals surface area contributed by atoms with Gasteiger partial charge < -0.3 is 14.5 Å². The predicted octanol–water partition coefficient (Wildman–Crippen LogP) is 2.34. The lowest BCUT2D eigenvalue weighted by Gasteiger charge is -2.48. The summed E-state index contributed by atoms with van der Waals surface area (Å²) in [5.41, 5.74) is 0.698. The molecule has 3 aliphatic rings. The number of likely N-dealkylation sites (tertiary alicyclic amines) is 1. The Bertz CT molecular complexity index is 700. The molecule has 0 aromatic carbocycles. The quantitative estimate of drug-likeness (QED) is 0.833. The fourth-order valence-electron chi connectivity index (χ4n) is 4.58. The van der Waals surface area contributed by atoms with Gasteiger partial charge in [-0.05, 0) is 49.7 Å². The van der Waals surface area contributed by atoms with Crippen LogP contribution in [0.2, 0.25) is 0 Å². The van der Waals surface area contributed by atoms with Crippen molar-refractivity contribution in [3.05, 3.63) is 23.9 Å². The van der Waals surface area contributed by atoms with Gasteiger partial charge in [-0.2, -0.15) is 5.26 Å². The molecule has 3 saturated heterocycles. The van der Waals surface area contributed by atoms with Crippen LogP contribution in [0.25, 0.3) is 0 Å². The van der Waals surface area contributed by atoms with Gasteiger partial charge in [-0.15, -0.1) is 0 Å². The Kier molecular flexibility index (Phi) is 4.82. The van der Waals surface area contributed by atoms with E-state index in [0.717, 1.165) is 70.7 Å². The third kappa shape index (κ3) is 3.54. The minimum atomic E-state index is 0.229. The average Bonchev–Trinajstić information content (AvgIpc) is 3.19. The minimum absolute atomic E-state index is 0.229. The van der Waals surface area contributed by atoms with E-state index in [4.69, 9.17) is 10.00 Å². The molecule has 26 heavy (non-hydrogen) atoms. The van der Waals surface area contributed by atoms with E-state index in [1.54, 1.807) is 6.07 Å². The van der Waals surface area contributed by atoms with Gasteiger partial charge in [-0.1, -0.05) is 6.07 Å². The van der Waals surface area contributed by atoms with Crippen molar-refractivity contribution in [3.8, 4) is 6.07 Å². The topological polar surface area (TPSA) is 69.5 Å². The molecule has 6 nitrogen and oxygen atoms in total. The van der Waals surface area contributed by atoms with Crippen LogP contribution < -0.4 is 4.90 Å². The molecular weight excluding hydrogens is 328 g/mol. The molecule has 1 aromatic rings. The summed E-state index contributed by atoms with van der Waals surface area (Å²) in [5, 5.41) is 9.05. The molecule has 0 N–H and O–H groups in total. The number of hydrogen-bond donors (Lipinski definition) is 0. The number of carbonyl (C=O) groups is 1. The molecule has 1 atom stereocenters. The van der Waals surface area contributed by atoms with Crippen molar-refractivity contribution in [1.82, 2.24) is 9.88 Å². The summed E-state index contributed by atoms with van der Waals surface area (Å²) in [6.07, 6.45) is 6.21. The van der Waals surface area contributed by atoms with Crippen LogP contribution in [-0.2, 0) is 9.53 Å². The van der Waals surface area contributed by atoms with Crippen LogP contribution in [0, 0.1) is 16.7 Å². The fraction of sp³-hybridized carbons (Fsp3) is 0.650. The van der Waals surface area contributed by atoms with Crippen LogP contribution in [0.1, 0.15) is 44.2 Å². The van der Waals surface area contributed by atoms with E-state index >= 15 is 0 Å². The van der Waals surface area contributed by atoms with Crippen LogP contribution in [-0.4, -0.2) is 54.7 Å². The highest BCUT2D eigenvalue weighted by Gasteiger charge is 2.41. The van der Waals surface area contributed by atoms with Gasteiger partial charge in [-0.25, -0.2) is 4.98 Å². The van der Waals surface area contributed by atoms with Crippen molar-refractivity contribution in [1.29, 1.82) is 5.26 Å². The zero-order valence-electron chi connectivity index (χ0n) is 15.2. The molecule has 3 aliphatic heterocycles. The lowest BCUT2D eigenvalue weighted by atomic mass is 9.72. The van der Waals surface area contributed by atoms with E-state index in [9.17, 15) is 4.79 Å². The molecule has 0 aliphatic carbocycles. The molecular formula is C20H26N4O2. The zero-order chi connectivity index (χ0) is 18.0. The Hall–Kier alpha value is -2.13. The summed E-state index contributed by atoms with van der Waals surface area (Å²) in [4.78, 5) is 21.1. The van der Waals surface area contributed by atoms with Crippen LogP contribution in [0.15, 0.2) is 18.2 Å². The number of rotatable bonds is 3. The molecule has 1 amide bonds. The first-order chi connectivity index (χ1) is 12.7. The maximum Gasteiger partial charge on any atom is 0.222 e. The second-order valence-corrected chi connectivity index (χ2v) is 7.89. The number of amides is 1. The first-order valence-electron chi connectivity index (χ1n) is 9.69. The Balaban J connectivity index is 1.39. The number of nitriles is 1. The molecule has 6 heteroatoms. The second-order valence-electron chi connectivity index (χ2n) is 7.89. The Morgan fingerprint density at radius 1 is 1.31 bits per heavy atom. The maximum absolute atomic E-state index is 12.4. The maximum atomic E-state index is 12.4. The van der Waals surface area contributed by atoms with Gasteiger partial charge in [0.1, 0.15) is 17.6 Å². The summed E-state index contributed by atoms with van der Waals surface area (Å²) in [6.45, 7) is 4.33. The number of aromatic nitrogens is 1. The molecule has 0 radical (unpaired) electrons. The van der Waals surface area contributed by atoms with E-state index in [1.165, 1.54) is 0 Å². The first-order valence-corrected chi connectivity index (χ1v) is 9.69. The number of piperidine rings is 2. The van der Waals surface area contributed by atoms with Gasteiger partial charge in [0.15, 0.2) is 0 Å². The molecule has 1 spiro atoms. The molecule has 3 fully saturated rings. The predicted molar refractivity (Wildman–Crippen MR) is 97.6 cm³/mol. The van der Waals surface area contributed by atoms with Crippen molar-refractivity contribution in [2.75, 3.05) is 37.7 Å². The summed E-state index contributed by atoms with van der Waals surface area (Å²) >= 11 is 0. The van der Waals surface area contributed by atoms with E-state index in [1.807, 2.05) is 12.1 Å². The van der Waals surface area contributed by atoms with Gasteiger partial charge in [-0.3, -0.25) is 4.79 Å². The summed E-state index contributed by atoms with van der Waals surface area (Å²) in [6, 6.07) is 7.73. The molecule has 1 aromatic heterocycles. The molecule has 4 heterocycles. The summed E-state index contributed by atoms with van der Waals surface area (Å²) < 4.78 is 5.74. The van der Waals surface area contributed by atoms with Gasteiger partial charge in [0.2, 0.25) is 5.91 Å². The Labute approximate surface area is 154 Å². The first kappa shape index (κ1) is 17.3. The largest absolute Gasteiger partial charge is 0.376 e. The number of pyridine rings is 1. The summed E-state index contributed by atoms with van der Waals surface area (Å²) in [5.74, 6) is 1.18. The Morgan fingerprint density at radius 2 is 2.15 bits per heavy atom. The van der Waals surface area contributed by atoms with Crippen molar-refractivity contribution in [2.45, 2.75) is 44.6 Å². The molecule has 0 bridgehead atoms. The van der Waals surface area contributed by atoms with Crippen LogP contribution in [0.3, 0.4) is 0 Å². The molecule has 0 saturated carbocycles. The molecule has 4 rings (SSSR count). The van der Waals surface area contributed by atoms with Gasteiger partial charge >= 0.3 is 0 Å². The molecule has 0 unspecified atom stereocenters. The standard InChI is InChI=1S/C20H26N4O2/c21-13-16-3-1-5-18(22-16)23-10-8-20(9-11-23)7-6-19(25)24(15-20)14-17-4-2-12-26-17/h1,3,5,17H,2,4,6-12,14-15H2/t17-/m0/s1. The fourth-order valence-corrected chi connectivity index (χ4v) is 4.58. The Morgan fingerprint density at radius 3 is 2.88 bits per heavy atom. The van der Waals surface area contributed by atoms with Crippen molar-refractivity contribution < 1.29 is 9.53 Å². The highest BCUT2D eigenvalue weighted by Crippen LogP contribution is 2.41. The average molecular weight is 354 g/mol. The smallest absolute Gasteiger partial charge is 0.222 e. The summed E-state index contributed by atoms with van der Waals surface area (Å²) in [7, 11) is 0. The SMILES string of the molecule is N#Cc1cccc(N2CCC3(CCC(=O)N(C[C@@H]4CCCO4)C3)CC2)n1. The van der Waals surface area contributed by atoms with Gasteiger partial charge in [0.25, 0.3) is 0 Å². The third-order valence-corrected chi connectivity index (χ3v) is 6.19. The van der Waals surface area contributed by atoms with Crippen molar-refractivity contribution >= 4 is 11.7 Å². The second kappa shape index (κ2) is 7.24. The minimum Gasteiger partial charge on any atom is -0.376 e. The number of nitrogens with zero attached hydrogens (tertiary/aromatic N) is 4. The monoisotopic (exact) mass is 354 g/mol. The lowest BCUT2D eigenvalue weighted by Crippen LogP contribution is -2.53. The van der Waals surface area contributed by atoms with Crippen LogP contribution in [0.5, 0.6) is 0 Å². The van der Waals surface area contributed by atoms with Gasteiger partial charge in [0, 0.05) is 39.2 Å². The molecule has 138 valence electrons.